The number of carboxylic acid groups (broad SMARTS) is 1. The molecular formula is C32H34N4O4S. The molecule has 2 bridgehead atoms. The molecule has 0 aliphatic carbocycles. The Morgan fingerprint density at radius 1 is 1.10 bits per heavy atom. The number of thiazole rings is 1. The largest absolute Gasteiger partial charge is 0.488 e. The monoisotopic (exact) mass is 570 g/mol. The molecular weight excluding hydrogens is 536 g/mol. The van der Waals surface area contributed by atoms with E-state index in [1.165, 1.54) is 6.42 Å². The summed E-state index contributed by atoms with van der Waals surface area (Å²) in [7, 11) is 0. The van der Waals surface area contributed by atoms with E-state index in [-0.39, 0.29) is 23.9 Å². The Balaban J connectivity index is 1.20. The maximum absolute atomic E-state index is 12.9. The number of likely N-dealkylation sites (tertiary alicyclic amines) is 1. The first-order valence-corrected chi connectivity index (χ1v) is 15.3. The average molecular weight is 571 g/mol. The highest BCUT2D eigenvalue weighted by Crippen LogP contribution is 2.44. The third-order valence-electron chi connectivity index (χ3n) is 8.80. The molecule has 3 aliphatic heterocycles. The summed E-state index contributed by atoms with van der Waals surface area (Å²) in [5.74, 6) is -0.248. The van der Waals surface area contributed by atoms with Crippen LogP contribution in [0.1, 0.15) is 72.0 Å². The molecule has 0 radical (unpaired) electrons. The minimum atomic E-state index is -0.699. The zero-order chi connectivity index (χ0) is 28.5. The number of nitrogens with zero attached hydrogens (tertiary/aromatic N) is 4. The Hall–Kier alpha value is -3.90. The number of carboxylic acids is 1. The number of nitriles is 1. The summed E-state index contributed by atoms with van der Waals surface area (Å²) in [5, 5.41) is 22.0. The molecule has 0 spiro atoms. The molecule has 6 rings (SSSR count). The van der Waals surface area contributed by atoms with Crippen LogP contribution in [0.25, 0.3) is 11.3 Å². The SMILES string of the molecule is Cc1cc(C(=O)N2CCCCC2)ccc1COc1ccc(C#N)cc1-c1csc(N2C3CCC2CC(C(=O)O)C3)n1. The van der Waals surface area contributed by atoms with Crippen molar-refractivity contribution in [3.8, 4) is 23.1 Å². The van der Waals surface area contributed by atoms with Crippen molar-refractivity contribution in [2.75, 3.05) is 18.0 Å². The van der Waals surface area contributed by atoms with Crippen LogP contribution in [0.4, 0.5) is 5.13 Å². The van der Waals surface area contributed by atoms with Gasteiger partial charge >= 0.3 is 5.97 Å². The topological polar surface area (TPSA) is 107 Å². The molecule has 2 unspecified atom stereocenters. The minimum Gasteiger partial charge on any atom is -0.488 e. The molecule has 4 heterocycles. The molecule has 2 aromatic carbocycles. The van der Waals surface area contributed by atoms with Crippen molar-refractivity contribution >= 4 is 28.3 Å². The molecule has 3 aliphatic rings. The van der Waals surface area contributed by atoms with E-state index in [2.05, 4.69) is 11.0 Å². The predicted molar refractivity (Wildman–Crippen MR) is 157 cm³/mol. The molecule has 0 saturated carbocycles. The highest BCUT2D eigenvalue weighted by atomic mass is 32.1. The van der Waals surface area contributed by atoms with E-state index >= 15 is 0 Å². The van der Waals surface area contributed by atoms with E-state index in [0.717, 1.165) is 66.3 Å². The number of amides is 1. The molecule has 8 nitrogen and oxygen atoms in total. The van der Waals surface area contributed by atoms with Crippen molar-refractivity contribution in [2.45, 2.75) is 70.6 Å². The lowest BCUT2D eigenvalue weighted by atomic mass is 9.91. The Labute approximate surface area is 244 Å². The van der Waals surface area contributed by atoms with Crippen molar-refractivity contribution in [3.05, 3.63) is 64.0 Å². The van der Waals surface area contributed by atoms with Gasteiger partial charge in [0.25, 0.3) is 5.91 Å². The van der Waals surface area contributed by atoms with Gasteiger partial charge in [0.05, 0.1) is 23.2 Å². The van der Waals surface area contributed by atoms with E-state index in [1.807, 2.05) is 47.5 Å². The fourth-order valence-electron chi connectivity index (χ4n) is 6.55. The number of rotatable bonds is 7. The molecule has 3 fully saturated rings. The predicted octanol–water partition coefficient (Wildman–Crippen LogP) is 6.03. The van der Waals surface area contributed by atoms with Gasteiger partial charge in [0.1, 0.15) is 12.4 Å². The first-order chi connectivity index (χ1) is 19.9. The van der Waals surface area contributed by atoms with Crippen LogP contribution >= 0.6 is 11.3 Å². The average Bonchev–Trinajstić information content (AvgIpc) is 3.57. The summed E-state index contributed by atoms with van der Waals surface area (Å²) in [5.41, 5.74) is 4.74. The summed E-state index contributed by atoms with van der Waals surface area (Å²) in [6.07, 6.45) is 6.60. The standard InChI is InChI=1S/C32H34N4O4S/c1-20-13-22(30(37)35-11-3-2-4-12-35)6-7-23(20)18-40-29-10-5-21(17-33)14-27(29)28-19-41-32(34-28)36-25-8-9-26(36)16-24(15-25)31(38)39/h5-7,10,13-14,19,24-26H,2-4,8-9,11-12,15-16,18H2,1H3,(H,38,39). The lowest BCUT2D eigenvalue weighted by molar-refractivity contribution is -0.142. The first-order valence-electron chi connectivity index (χ1n) is 14.4. The van der Waals surface area contributed by atoms with Crippen LogP contribution in [0.15, 0.2) is 41.8 Å². The summed E-state index contributed by atoms with van der Waals surface area (Å²) < 4.78 is 6.31. The summed E-state index contributed by atoms with van der Waals surface area (Å²) >= 11 is 1.56. The molecule has 3 saturated heterocycles. The number of piperidine rings is 2. The van der Waals surface area contributed by atoms with Gasteiger partial charge in [0.2, 0.25) is 0 Å². The maximum Gasteiger partial charge on any atom is 0.306 e. The third-order valence-corrected chi connectivity index (χ3v) is 9.65. The van der Waals surface area contributed by atoms with Crippen LogP contribution in [0.5, 0.6) is 5.75 Å². The van der Waals surface area contributed by atoms with Crippen LogP contribution in [0.2, 0.25) is 0 Å². The first kappa shape index (κ1) is 27.3. The van der Waals surface area contributed by atoms with Gasteiger partial charge in [-0.2, -0.15) is 5.26 Å². The number of ether oxygens (including phenoxy) is 1. The quantitative estimate of drug-likeness (QED) is 0.370. The maximum atomic E-state index is 12.9. The van der Waals surface area contributed by atoms with Crippen molar-refractivity contribution in [3.63, 3.8) is 0 Å². The Bertz CT molecular complexity index is 1490. The molecule has 9 heteroatoms. The lowest BCUT2D eigenvalue weighted by Gasteiger charge is -2.37. The van der Waals surface area contributed by atoms with E-state index in [0.29, 0.717) is 36.3 Å². The highest BCUT2D eigenvalue weighted by molar-refractivity contribution is 7.14. The number of hydrogen-bond donors (Lipinski definition) is 1. The minimum absolute atomic E-state index is 0.0922. The van der Waals surface area contributed by atoms with Gasteiger partial charge in [-0.1, -0.05) is 6.07 Å². The van der Waals surface area contributed by atoms with E-state index in [9.17, 15) is 20.0 Å². The summed E-state index contributed by atoms with van der Waals surface area (Å²) in [6, 6.07) is 13.8. The smallest absolute Gasteiger partial charge is 0.306 e. The molecule has 2 atom stereocenters. The van der Waals surface area contributed by atoms with Crippen molar-refractivity contribution in [2.24, 2.45) is 5.92 Å². The number of anilines is 1. The zero-order valence-corrected chi connectivity index (χ0v) is 24.0. The normalized spacial score (nSPS) is 21.9. The zero-order valence-electron chi connectivity index (χ0n) is 23.2. The molecule has 1 amide bonds. The van der Waals surface area contributed by atoms with Crippen molar-refractivity contribution in [1.29, 1.82) is 5.26 Å². The second-order valence-corrected chi connectivity index (χ2v) is 12.3. The number of aromatic nitrogens is 1. The van der Waals surface area contributed by atoms with Crippen molar-refractivity contribution < 1.29 is 19.4 Å². The second kappa shape index (κ2) is 11.5. The Morgan fingerprint density at radius 3 is 2.54 bits per heavy atom. The van der Waals surface area contributed by atoms with Gasteiger partial charge in [-0.25, -0.2) is 4.98 Å². The van der Waals surface area contributed by atoms with Crippen LogP contribution < -0.4 is 9.64 Å². The summed E-state index contributed by atoms with van der Waals surface area (Å²) in [6.45, 7) is 3.97. The van der Waals surface area contributed by atoms with Crippen LogP contribution in [-0.4, -0.2) is 52.0 Å². The second-order valence-electron chi connectivity index (χ2n) is 11.4. The van der Waals surface area contributed by atoms with Crippen LogP contribution in [0, 0.1) is 24.2 Å². The summed E-state index contributed by atoms with van der Waals surface area (Å²) in [4.78, 5) is 33.8. The fourth-order valence-corrected chi connectivity index (χ4v) is 7.52. The highest BCUT2D eigenvalue weighted by Gasteiger charge is 2.44. The van der Waals surface area contributed by atoms with E-state index < -0.39 is 5.97 Å². The number of hydrogen-bond acceptors (Lipinski definition) is 7. The number of benzene rings is 2. The van der Waals surface area contributed by atoms with E-state index in [1.54, 1.807) is 17.4 Å². The van der Waals surface area contributed by atoms with Gasteiger partial charge in [-0.05, 0) is 93.3 Å². The molecule has 1 aromatic heterocycles. The molecule has 1 N–H and O–H groups in total. The molecule has 212 valence electrons. The molecule has 3 aromatic rings. The fraction of sp³-hybridized carbons (Fsp3) is 0.438. The number of carbonyl (C=O) groups excluding carboxylic acids is 1. The van der Waals surface area contributed by atoms with Gasteiger partial charge in [0.15, 0.2) is 5.13 Å². The number of carbonyl (C=O) groups is 2. The number of fused-ring (bicyclic) bond motifs is 2. The molecule has 41 heavy (non-hydrogen) atoms. The van der Waals surface area contributed by atoms with Gasteiger partial charge in [0, 0.05) is 41.7 Å². The van der Waals surface area contributed by atoms with Crippen molar-refractivity contribution in [1.82, 2.24) is 9.88 Å². The van der Waals surface area contributed by atoms with Crippen LogP contribution in [-0.2, 0) is 11.4 Å². The number of aryl methyl sites for hydroxylation is 1. The van der Waals surface area contributed by atoms with Crippen LogP contribution in [0.3, 0.4) is 0 Å². The Morgan fingerprint density at radius 2 is 1.85 bits per heavy atom. The van der Waals surface area contributed by atoms with E-state index in [4.69, 9.17) is 9.72 Å². The van der Waals surface area contributed by atoms with Gasteiger partial charge in [-0.3, -0.25) is 9.59 Å². The van der Waals surface area contributed by atoms with Gasteiger partial charge in [-0.15, -0.1) is 11.3 Å². The Kier molecular flexibility index (Phi) is 7.67. The third kappa shape index (κ3) is 5.53. The lowest BCUT2D eigenvalue weighted by Crippen LogP contribution is -2.44. The van der Waals surface area contributed by atoms with Gasteiger partial charge < -0.3 is 19.6 Å². The number of aliphatic carboxylic acids is 1.